The van der Waals surface area contributed by atoms with Crippen molar-refractivity contribution in [2.45, 2.75) is 18.9 Å². The summed E-state index contributed by atoms with van der Waals surface area (Å²) >= 11 is 0. The molecule has 1 aliphatic rings. The lowest BCUT2D eigenvalue weighted by atomic mass is 9.81. The van der Waals surface area contributed by atoms with Crippen LogP contribution in [0.4, 0.5) is 5.82 Å². The molecule has 1 amide bonds. The second-order valence-corrected chi connectivity index (χ2v) is 4.15. The van der Waals surface area contributed by atoms with Gasteiger partial charge in [0.05, 0.1) is 0 Å². The molecule has 1 aliphatic carbocycles. The summed E-state index contributed by atoms with van der Waals surface area (Å²) in [4.78, 5) is 10.8. The molecular formula is C10H15N5O. The van der Waals surface area contributed by atoms with Crippen molar-refractivity contribution < 1.29 is 4.79 Å². The number of rotatable bonds is 4. The van der Waals surface area contributed by atoms with Crippen LogP contribution in [0.15, 0.2) is 12.1 Å². The van der Waals surface area contributed by atoms with Gasteiger partial charge >= 0.3 is 0 Å². The number of hydrogen-bond donors (Lipinski definition) is 3. The Bertz CT molecular complexity index is 371. The highest BCUT2D eigenvalue weighted by atomic mass is 16.1. The third kappa shape index (κ3) is 2.46. The number of hydrogen-bond acceptors (Lipinski definition) is 5. The molecule has 86 valence electrons. The van der Waals surface area contributed by atoms with Gasteiger partial charge in [0, 0.05) is 12.6 Å². The number of nitrogens with two attached hydrogens (primary N) is 2. The van der Waals surface area contributed by atoms with Crippen molar-refractivity contribution >= 4 is 11.7 Å². The van der Waals surface area contributed by atoms with Gasteiger partial charge in [-0.3, -0.25) is 4.79 Å². The molecule has 6 heteroatoms. The Morgan fingerprint density at radius 2 is 2.19 bits per heavy atom. The van der Waals surface area contributed by atoms with E-state index < -0.39 is 5.91 Å². The van der Waals surface area contributed by atoms with Gasteiger partial charge in [-0.05, 0) is 30.9 Å². The van der Waals surface area contributed by atoms with Gasteiger partial charge in [-0.2, -0.15) is 0 Å². The van der Waals surface area contributed by atoms with Crippen molar-refractivity contribution in [1.82, 2.24) is 10.2 Å². The molecule has 16 heavy (non-hydrogen) atoms. The molecule has 1 heterocycles. The molecule has 0 bridgehead atoms. The molecule has 0 unspecified atom stereocenters. The molecule has 0 aliphatic heterocycles. The van der Waals surface area contributed by atoms with Gasteiger partial charge in [-0.1, -0.05) is 0 Å². The van der Waals surface area contributed by atoms with E-state index in [2.05, 4.69) is 15.5 Å². The fourth-order valence-electron chi connectivity index (χ4n) is 1.76. The number of amides is 1. The van der Waals surface area contributed by atoms with Crippen molar-refractivity contribution in [3.05, 3.63) is 17.8 Å². The van der Waals surface area contributed by atoms with E-state index in [1.807, 2.05) is 0 Å². The van der Waals surface area contributed by atoms with Crippen LogP contribution in [0.5, 0.6) is 0 Å². The maximum Gasteiger partial charge on any atom is 0.269 e. The number of aromatic nitrogens is 2. The second-order valence-electron chi connectivity index (χ2n) is 4.15. The number of carbonyl (C=O) groups excluding carboxylic acids is 1. The number of primary amides is 1. The van der Waals surface area contributed by atoms with Gasteiger partial charge in [0.15, 0.2) is 5.69 Å². The highest BCUT2D eigenvalue weighted by molar-refractivity contribution is 5.90. The predicted octanol–water partition coefficient (Wildman–Crippen LogP) is -0.275. The zero-order chi connectivity index (χ0) is 11.5. The maximum atomic E-state index is 10.8. The first kappa shape index (κ1) is 10.8. The van der Waals surface area contributed by atoms with E-state index in [0.29, 0.717) is 17.8 Å². The molecular weight excluding hydrogens is 206 g/mol. The van der Waals surface area contributed by atoms with Gasteiger partial charge < -0.3 is 16.8 Å². The second kappa shape index (κ2) is 4.44. The van der Waals surface area contributed by atoms with E-state index >= 15 is 0 Å². The normalized spacial score (nSPS) is 23.6. The number of nitrogens with one attached hydrogen (secondary N) is 1. The molecule has 6 nitrogen and oxygen atoms in total. The summed E-state index contributed by atoms with van der Waals surface area (Å²) in [5.74, 6) is 0.710. The standard InChI is InChI=1S/C10H15N5O/c11-7-3-6(4-7)5-13-9-2-1-8(10(12)16)14-15-9/h1-2,6-7H,3-5,11H2,(H2,12,16)(H,13,15). The van der Waals surface area contributed by atoms with E-state index in [-0.39, 0.29) is 5.69 Å². The molecule has 1 aromatic heterocycles. The first-order valence-corrected chi connectivity index (χ1v) is 5.28. The van der Waals surface area contributed by atoms with E-state index in [4.69, 9.17) is 11.5 Å². The van der Waals surface area contributed by atoms with Gasteiger partial charge in [-0.25, -0.2) is 0 Å². The van der Waals surface area contributed by atoms with E-state index in [1.54, 1.807) is 12.1 Å². The first-order chi connectivity index (χ1) is 7.65. The number of carbonyl (C=O) groups is 1. The van der Waals surface area contributed by atoms with Gasteiger partial charge in [0.25, 0.3) is 5.91 Å². The Morgan fingerprint density at radius 3 is 2.69 bits per heavy atom. The minimum Gasteiger partial charge on any atom is -0.368 e. The molecule has 0 saturated heterocycles. The Balaban J connectivity index is 1.83. The maximum absolute atomic E-state index is 10.8. The Labute approximate surface area is 93.4 Å². The highest BCUT2D eigenvalue weighted by Gasteiger charge is 2.25. The van der Waals surface area contributed by atoms with Crippen LogP contribution in [0.25, 0.3) is 0 Å². The third-order valence-corrected chi connectivity index (χ3v) is 2.76. The number of nitrogens with zero attached hydrogens (tertiary/aromatic N) is 2. The summed E-state index contributed by atoms with van der Waals surface area (Å²) < 4.78 is 0. The predicted molar refractivity (Wildman–Crippen MR) is 59.7 cm³/mol. The van der Waals surface area contributed by atoms with Gasteiger partial charge in [0.1, 0.15) is 5.82 Å². The molecule has 0 atom stereocenters. The monoisotopic (exact) mass is 221 g/mol. The smallest absolute Gasteiger partial charge is 0.269 e. The molecule has 0 aromatic carbocycles. The van der Waals surface area contributed by atoms with Crippen LogP contribution in [-0.2, 0) is 0 Å². The zero-order valence-electron chi connectivity index (χ0n) is 8.89. The largest absolute Gasteiger partial charge is 0.368 e. The minimum atomic E-state index is -0.566. The fraction of sp³-hybridized carbons (Fsp3) is 0.500. The molecule has 1 fully saturated rings. The van der Waals surface area contributed by atoms with Crippen LogP contribution < -0.4 is 16.8 Å². The Morgan fingerprint density at radius 1 is 1.44 bits per heavy atom. The third-order valence-electron chi connectivity index (χ3n) is 2.76. The quantitative estimate of drug-likeness (QED) is 0.648. The average molecular weight is 221 g/mol. The summed E-state index contributed by atoms with van der Waals surface area (Å²) in [5, 5.41) is 10.7. The van der Waals surface area contributed by atoms with Crippen LogP contribution in [0.3, 0.4) is 0 Å². The lowest BCUT2D eigenvalue weighted by molar-refractivity contribution is 0.0994. The topological polar surface area (TPSA) is 107 Å². The van der Waals surface area contributed by atoms with Crippen molar-refractivity contribution in [3.63, 3.8) is 0 Å². The Hall–Kier alpha value is -1.69. The van der Waals surface area contributed by atoms with Crippen LogP contribution >= 0.6 is 0 Å². The summed E-state index contributed by atoms with van der Waals surface area (Å²) in [5.41, 5.74) is 10.9. The number of anilines is 1. The van der Waals surface area contributed by atoms with Crippen LogP contribution in [0.1, 0.15) is 23.3 Å². The fourth-order valence-corrected chi connectivity index (χ4v) is 1.76. The molecule has 0 radical (unpaired) electrons. The molecule has 1 aromatic rings. The summed E-state index contributed by atoms with van der Waals surface area (Å²) in [6.45, 7) is 0.846. The van der Waals surface area contributed by atoms with Crippen LogP contribution in [0.2, 0.25) is 0 Å². The lowest BCUT2D eigenvalue weighted by Gasteiger charge is -2.32. The van der Waals surface area contributed by atoms with Crippen molar-refractivity contribution in [3.8, 4) is 0 Å². The summed E-state index contributed by atoms with van der Waals surface area (Å²) in [6, 6.07) is 3.62. The SMILES string of the molecule is NC(=O)c1ccc(NCC2CC(N)C2)nn1. The van der Waals surface area contributed by atoms with E-state index in [1.165, 1.54) is 0 Å². The van der Waals surface area contributed by atoms with Crippen LogP contribution in [0, 0.1) is 5.92 Å². The van der Waals surface area contributed by atoms with E-state index in [9.17, 15) is 4.79 Å². The van der Waals surface area contributed by atoms with Crippen molar-refractivity contribution in [2.24, 2.45) is 17.4 Å². The Kier molecular flexibility index (Phi) is 3.00. The van der Waals surface area contributed by atoms with Crippen molar-refractivity contribution in [2.75, 3.05) is 11.9 Å². The van der Waals surface area contributed by atoms with Gasteiger partial charge in [-0.15, -0.1) is 10.2 Å². The summed E-state index contributed by atoms with van der Waals surface area (Å²) in [6.07, 6.45) is 2.11. The van der Waals surface area contributed by atoms with E-state index in [0.717, 1.165) is 19.4 Å². The highest BCUT2D eigenvalue weighted by Crippen LogP contribution is 2.25. The minimum absolute atomic E-state index is 0.177. The van der Waals surface area contributed by atoms with Crippen LogP contribution in [-0.4, -0.2) is 28.7 Å². The molecule has 2 rings (SSSR count). The molecule has 0 spiro atoms. The molecule has 1 saturated carbocycles. The average Bonchev–Trinajstić information content (AvgIpc) is 2.23. The lowest BCUT2D eigenvalue weighted by Crippen LogP contribution is -2.39. The van der Waals surface area contributed by atoms with Gasteiger partial charge in [0.2, 0.25) is 0 Å². The van der Waals surface area contributed by atoms with Crippen molar-refractivity contribution in [1.29, 1.82) is 0 Å². The first-order valence-electron chi connectivity index (χ1n) is 5.28. The molecule has 5 N–H and O–H groups in total. The zero-order valence-corrected chi connectivity index (χ0v) is 8.89. The summed E-state index contributed by atoms with van der Waals surface area (Å²) in [7, 11) is 0.